The fourth-order valence-corrected chi connectivity index (χ4v) is 2.89. The van der Waals surface area contributed by atoms with Crippen molar-refractivity contribution < 1.29 is 5.11 Å². The topological polar surface area (TPSA) is 53.7 Å². The van der Waals surface area contributed by atoms with E-state index in [9.17, 15) is 5.11 Å². The van der Waals surface area contributed by atoms with Crippen LogP contribution in [0.25, 0.3) is 5.52 Å². The van der Waals surface area contributed by atoms with Crippen LogP contribution in [0.3, 0.4) is 0 Å². The maximum atomic E-state index is 9.78. The summed E-state index contributed by atoms with van der Waals surface area (Å²) in [4.78, 5) is 6.83. The predicted molar refractivity (Wildman–Crippen MR) is 83.7 cm³/mol. The van der Waals surface area contributed by atoms with E-state index in [1.807, 2.05) is 17.6 Å². The molecule has 0 radical (unpaired) electrons. The van der Waals surface area contributed by atoms with Gasteiger partial charge in [-0.3, -0.25) is 0 Å². The van der Waals surface area contributed by atoms with E-state index in [0.29, 0.717) is 5.92 Å². The fraction of sp³-hybridized carbons (Fsp3) is 0.625. The Labute approximate surface area is 125 Å². The third-order valence-corrected chi connectivity index (χ3v) is 4.34. The number of aliphatic hydroxyl groups is 1. The molecule has 21 heavy (non-hydrogen) atoms. The normalized spacial score (nSPS) is 21.2. The summed E-state index contributed by atoms with van der Waals surface area (Å²) in [5, 5.41) is 14.4. The fourth-order valence-electron chi connectivity index (χ4n) is 2.89. The van der Waals surface area contributed by atoms with Gasteiger partial charge < -0.3 is 10.0 Å². The highest BCUT2D eigenvalue weighted by atomic mass is 16.3. The molecule has 2 aromatic rings. The van der Waals surface area contributed by atoms with Gasteiger partial charge in [-0.15, -0.1) is 0 Å². The monoisotopic (exact) mass is 288 g/mol. The van der Waals surface area contributed by atoms with Crippen LogP contribution in [0.5, 0.6) is 0 Å². The highest BCUT2D eigenvalue weighted by molar-refractivity contribution is 5.69. The second-order valence-corrected chi connectivity index (χ2v) is 7.10. The molecule has 1 aliphatic rings. The highest BCUT2D eigenvalue weighted by Gasteiger charge is 2.28. The minimum Gasteiger partial charge on any atom is -0.393 e. The number of aliphatic hydroxyl groups excluding tert-OH is 1. The van der Waals surface area contributed by atoms with Gasteiger partial charge in [0.15, 0.2) is 5.82 Å². The first kappa shape index (κ1) is 14.3. The van der Waals surface area contributed by atoms with Crippen LogP contribution < -0.4 is 4.90 Å². The van der Waals surface area contributed by atoms with Crippen molar-refractivity contribution in [3.63, 3.8) is 0 Å². The summed E-state index contributed by atoms with van der Waals surface area (Å²) in [6.45, 7) is 10.2. The predicted octanol–water partition coefficient (Wildman–Crippen LogP) is 2.23. The molecule has 1 fully saturated rings. The quantitative estimate of drug-likeness (QED) is 0.921. The van der Waals surface area contributed by atoms with Gasteiger partial charge in [0.2, 0.25) is 0 Å². The molecule has 0 bridgehead atoms. The molecule has 5 nitrogen and oxygen atoms in total. The number of aromatic nitrogens is 3. The van der Waals surface area contributed by atoms with Gasteiger partial charge in [0, 0.05) is 36.8 Å². The largest absolute Gasteiger partial charge is 0.393 e. The van der Waals surface area contributed by atoms with Gasteiger partial charge in [0.05, 0.1) is 11.8 Å². The summed E-state index contributed by atoms with van der Waals surface area (Å²) < 4.78 is 1.92. The molecule has 0 amide bonds. The van der Waals surface area contributed by atoms with Crippen LogP contribution in [0.1, 0.15) is 39.8 Å². The Bertz CT molecular complexity index is 641. The van der Waals surface area contributed by atoms with Crippen LogP contribution in [0.15, 0.2) is 18.5 Å². The third kappa shape index (κ3) is 2.62. The lowest BCUT2D eigenvalue weighted by molar-refractivity contribution is 0.136. The van der Waals surface area contributed by atoms with Crippen molar-refractivity contribution >= 4 is 11.3 Å². The van der Waals surface area contributed by atoms with Gasteiger partial charge in [0.25, 0.3) is 0 Å². The molecule has 3 heterocycles. The first-order chi connectivity index (χ1) is 9.86. The molecular weight excluding hydrogens is 264 g/mol. The SMILES string of the molecule is CC(O)C1CCN(c2nccn3nc(C(C)(C)C)cc23)C1. The molecule has 2 aromatic heterocycles. The summed E-state index contributed by atoms with van der Waals surface area (Å²) in [5.74, 6) is 1.31. The molecule has 0 saturated carbocycles. The second kappa shape index (κ2) is 4.98. The van der Waals surface area contributed by atoms with Crippen molar-refractivity contribution in [3.8, 4) is 0 Å². The zero-order valence-corrected chi connectivity index (χ0v) is 13.2. The number of anilines is 1. The Hall–Kier alpha value is -1.62. The van der Waals surface area contributed by atoms with Gasteiger partial charge >= 0.3 is 0 Å². The average Bonchev–Trinajstić information content (AvgIpc) is 3.04. The van der Waals surface area contributed by atoms with Crippen LogP contribution in [0, 0.1) is 5.92 Å². The standard InChI is InChI=1S/C16H24N4O/c1-11(21)12-5-7-19(10-12)15-13-9-14(16(2,3)4)18-20(13)8-6-17-15/h6,8-9,11-12,21H,5,7,10H2,1-4H3. The van der Waals surface area contributed by atoms with Crippen molar-refractivity contribution in [1.29, 1.82) is 0 Å². The van der Waals surface area contributed by atoms with Crippen LogP contribution in [0.4, 0.5) is 5.82 Å². The number of hydrogen-bond acceptors (Lipinski definition) is 4. The van der Waals surface area contributed by atoms with Gasteiger partial charge in [-0.1, -0.05) is 20.8 Å². The van der Waals surface area contributed by atoms with Crippen molar-refractivity contribution in [2.45, 2.75) is 45.6 Å². The number of fused-ring (bicyclic) bond motifs is 1. The Morgan fingerprint density at radius 1 is 1.38 bits per heavy atom. The zero-order valence-electron chi connectivity index (χ0n) is 13.2. The number of hydrogen-bond donors (Lipinski definition) is 1. The maximum Gasteiger partial charge on any atom is 0.154 e. The summed E-state index contributed by atoms with van der Waals surface area (Å²) in [6, 6.07) is 2.14. The summed E-state index contributed by atoms with van der Waals surface area (Å²) >= 11 is 0. The summed E-state index contributed by atoms with van der Waals surface area (Å²) in [5.41, 5.74) is 2.15. The first-order valence-corrected chi connectivity index (χ1v) is 7.64. The average molecular weight is 288 g/mol. The van der Waals surface area contributed by atoms with E-state index in [1.54, 1.807) is 6.20 Å². The molecule has 2 atom stereocenters. The van der Waals surface area contributed by atoms with E-state index < -0.39 is 0 Å². The lowest BCUT2D eigenvalue weighted by Gasteiger charge is -2.19. The van der Waals surface area contributed by atoms with Gasteiger partial charge in [-0.25, -0.2) is 9.50 Å². The van der Waals surface area contributed by atoms with Crippen molar-refractivity contribution in [3.05, 3.63) is 24.2 Å². The van der Waals surface area contributed by atoms with Gasteiger partial charge in [0.1, 0.15) is 5.52 Å². The molecule has 1 saturated heterocycles. The van der Waals surface area contributed by atoms with Crippen LogP contribution in [0.2, 0.25) is 0 Å². The van der Waals surface area contributed by atoms with Crippen LogP contribution in [-0.2, 0) is 5.41 Å². The zero-order chi connectivity index (χ0) is 15.2. The van der Waals surface area contributed by atoms with E-state index in [1.165, 1.54) is 0 Å². The lowest BCUT2D eigenvalue weighted by Crippen LogP contribution is -2.25. The van der Waals surface area contributed by atoms with Gasteiger partial charge in [-0.2, -0.15) is 5.10 Å². The molecule has 2 unspecified atom stereocenters. The van der Waals surface area contributed by atoms with E-state index in [4.69, 9.17) is 0 Å². The minimum atomic E-state index is -0.259. The number of nitrogens with zero attached hydrogens (tertiary/aromatic N) is 4. The van der Waals surface area contributed by atoms with Crippen molar-refractivity contribution in [2.24, 2.45) is 5.92 Å². The summed E-state index contributed by atoms with van der Waals surface area (Å²) in [6.07, 6.45) is 4.46. The molecule has 0 spiro atoms. The first-order valence-electron chi connectivity index (χ1n) is 7.64. The maximum absolute atomic E-state index is 9.78. The second-order valence-electron chi connectivity index (χ2n) is 7.10. The number of rotatable bonds is 2. The van der Waals surface area contributed by atoms with Crippen LogP contribution >= 0.6 is 0 Å². The molecule has 5 heteroatoms. The van der Waals surface area contributed by atoms with E-state index in [0.717, 1.165) is 36.5 Å². The van der Waals surface area contributed by atoms with E-state index in [2.05, 4.69) is 41.8 Å². The Balaban J connectivity index is 1.98. The molecule has 0 aliphatic carbocycles. The smallest absolute Gasteiger partial charge is 0.154 e. The van der Waals surface area contributed by atoms with Crippen molar-refractivity contribution in [1.82, 2.24) is 14.6 Å². The minimum absolute atomic E-state index is 0.0243. The van der Waals surface area contributed by atoms with Crippen LogP contribution in [-0.4, -0.2) is 38.9 Å². The molecule has 1 aliphatic heterocycles. The Kier molecular flexibility index (Phi) is 3.40. The lowest BCUT2D eigenvalue weighted by atomic mass is 9.92. The molecule has 0 aromatic carbocycles. The molecule has 114 valence electrons. The molecule has 1 N–H and O–H groups in total. The van der Waals surface area contributed by atoms with E-state index in [-0.39, 0.29) is 11.5 Å². The van der Waals surface area contributed by atoms with Crippen molar-refractivity contribution in [2.75, 3.05) is 18.0 Å². The highest BCUT2D eigenvalue weighted by Crippen LogP contribution is 2.30. The Morgan fingerprint density at radius 2 is 2.14 bits per heavy atom. The Morgan fingerprint density at radius 3 is 2.76 bits per heavy atom. The molecular formula is C16H24N4O. The van der Waals surface area contributed by atoms with E-state index >= 15 is 0 Å². The van der Waals surface area contributed by atoms with Gasteiger partial charge in [-0.05, 0) is 19.4 Å². The molecule has 3 rings (SSSR count). The third-order valence-electron chi connectivity index (χ3n) is 4.34. The summed E-state index contributed by atoms with van der Waals surface area (Å²) in [7, 11) is 0.